The predicted octanol–water partition coefficient (Wildman–Crippen LogP) is 2.88. The maximum absolute atomic E-state index is 9.10. The van der Waals surface area contributed by atoms with E-state index in [2.05, 4.69) is 9.97 Å². The molecular formula is C15H10N4O. The van der Waals surface area contributed by atoms with Crippen molar-refractivity contribution in [2.75, 3.05) is 5.73 Å². The smallest absolute Gasteiger partial charge is 0.237 e. The molecule has 0 aliphatic rings. The molecule has 0 spiro atoms. The van der Waals surface area contributed by atoms with Crippen molar-refractivity contribution < 1.29 is 4.74 Å². The number of anilines is 1. The zero-order valence-corrected chi connectivity index (χ0v) is 10.4. The van der Waals surface area contributed by atoms with Crippen LogP contribution in [-0.4, -0.2) is 9.97 Å². The SMILES string of the molecule is N#Cc1cc(N)cnc1Oc1cccc2ncccc12. The van der Waals surface area contributed by atoms with E-state index in [0.29, 0.717) is 17.0 Å². The number of aromatic nitrogens is 2. The van der Waals surface area contributed by atoms with Gasteiger partial charge in [-0.3, -0.25) is 4.98 Å². The van der Waals surface area contributed by atoms with Crippen LogP contribution < -0.4 is 10.5 Å². The van der Waals surface area contributed by atoms with Crippen LogP contribution in [0.2, 0.25) is 0 Å². The summed E-state index contributed by atoms with van der Waals surface area (Å²) in [5.41, 5.74) is 7.15. The van der Waals surface area contributed by atoms with E-state index >= 15 is 0 Å². The predicted molar refractivity (Wildman–Crippen MR) is 75.2 cm³/mol. The fourth-order valence-electron chi connectivity index (χ4n) is 1.90. The number of rotatable bonds is 2. The lowest BCUT2D eigenvalue weighted by molar-refractivity contribution is 0.466. The molecule has 0 aliphatic heterocycles. The number of benzene rings is 1. The van der Waals surface area contributed by atoms with E-state index in [9.17, 15) is 0 Å². The summed E-state index contributed by atoms with van der Waals surface area (Å²) >= 11 is 0. The summed E-state index contributed by atoms with van der Waals surface area (Å²) in [5.74, 6) is 0.836. The Morgan fingerprint density at radius 1 is 1.15 bits per heavy atom. The number of hydrogen-bond acceptors (Lipinski definition) is 5. The topological polar surface area (TPSA) is 84.8 Å². The lowest BCUT2D eigenvalue weighted by Gasteiger charge is -2.09. The maximum Gasteiger partial charge on any atom is 0.237 e. The van der Waals surface area contributed by atoms with Crippen molar-refractivity contribution in [3.8, 4) is 17.7 Å². The van der Waals surface area contributed by atoms with Gasteiger partial charge in [-0.2, -0.15) is 5.26 Å². The standard InChI is InChI=1S/C15H10N4O/c16-8-10-7-11(17)9-19-15(10)20-14-5-1-4-13-12(14)3-2-6-18-13/h1-7,9H,17H2. The van der Waals surface area contributed by atoms with Gasteiger partial charge in [0.15, 0.2) is 0 Å². The molecule has 2 N–H and O–H groups in total. The summed E-state index contributed by atoms with van der Waals surface area (Å²) in [7, 11) is 0. The van der Waals surface area contributed by atoms with Crippen molar-refractivity contribution >= 4 is 16.6 Å². The molecule has 2 aromatic heterocycles. The van der Waals surface area contributed by atoms with Gasteiger partial charge in [0.1, 0.15) is 17.4 Å². The van der Waals surface area contributed by atoms with Crippen LogP contribution in [-0.2, 0) is 0 Å². The van der Waals surface area contributed by atoms with Gasteiger partial charge in [0.2, 0.25) is 5.88 Å². The van der Waals surface area contributed by atoms with Crippen LogP contribution in [0, 0.1) is 11.3 Å². The molecule has 0 saturated carbocycles. The number of nitrogens with zero attached hydrogens (tertiary/aromatic N) is 3. The molecule has 0 radical (unpaired) electrons. The summed E-state index contributed by atoms with van der Waals surface area (Å²) < 4.78 is 5.74. The Morgan fingerprint density at radius 2 is 2.05 bits per heavy atom. The van der Waals surface area contributed by atoms with Crippen LogP contribution in [0.15, 0.2) is 48.8 Å². The van der Waals surface area contributed by atoms with Crippen LogP contribution in [0.25, 0.3) is 10.9 Å². The highest BCUT2D eigenvalue weighted by atomic mass is 16.5. The Bertz CT molecular complexity index is 818. The quantitative estimate of drug-likeness (QED) is 0.767. The first-order chi connectivity index (χ1) is 9.78. The van der Waals surface area contributed by atoms with E-state index in [1.165, 1.54) is 12.3 Å². The third-order valence-electron chi connectivity index (χ3n) is 2.81. The van der Waals surface area contributed by atoms with E-state index in [1.54, 1.807) is 6.20 Å². The van der Waals surface area contributed by atoms with Crippen LogP contribution >= 0.6 is 0 Å². The molecule has 20 heavy (non-hydrogen) atoms. The monoisotopic (exact) mass is 262 g/mol. The first-order valence-corrected chi connectivity index (χ1v) is 5.95. The summed E-state index contributed by atoms with van der Waals surface area (Å²) in [6, 6.07) is 12.8. The average Bonchev–Trinajstić information content (AvgIpc) is 2.49. The number of pyridine rings is 2. The van der Waals surface area contributed by atoms with Gasteiger partial charge in [0.05, 0.1) is 17.4 Å². The van der Waals surface area contributed by atoms with Gasteiger partial charge in [0.25, 0.3) is 0 Å². The molecule has 3 rings (SSSR count). The maximum atomic E-state index is 9.10. The molecule has 3 aromatic rings. The molecular weight excluding hydrogens is 252 g/mol. The average molecular weight is 262 g/mol. The number of fused-ring (bicyclic) bond motifs is 1. The number of nitrogen functional groups attached to an aromatic ring is 1. The zero-order valence-electron chi connectivity index (χ0n) is 10.4. The Morgan fingerprint density at radius 3 is 2.90 bits per heavy atom. The van der Waals surface area contributed by atoms with Crippen molar-refractivity contribution in [1.29, 1.82) is 5.26 Å². The molecule has 5 nitrogen and oxygen atoms in total. The molecule has 5 heteroatoms. The molecule has 0 unspecified atom stereocenters. The molecule has 0 atom stereocenters. The van der Waals surface area contributed by atoms with Gasteiger partial charge in [0, 0.05) is 11.6 Å². The van der Waals surface area contributed by atoms with Crippen molar-refractivity contribution in [2.45, 2.75) is 0 Å². The van der Waals surface area contributed by atoms with Gasteiger partial charge in [-0.1, -0.05) is 6.07 Å². The molecule has 0 bridgehead atoms. The summed E-state index contributed by atoms with van der Waals surface area (Å²) in [5, 5.41) is 9.96. The number of hydrogen-bond donors (Lipinski definition) is 1. The second-order valence-corrected chi connectivity index (χ2v) is 4.16. The van der Waals surface area contributed by atoms with Crippen LogP contribution in [0.5, 0.6) is 11.6 Å². The third-order valence-corrected chi connectivity index (χ3v) is 2.81. The van der Waals surface area contributed by atoms with E-state index in [-0.39, 0.29) is 5.88 Å². The molecule has 0 saturated heterocycles. The van der Waals surface area contributed by atoms with Crippen molar-refractivity contribution in [1.82, 2.24) is 9.97 Å². The van der Waals surface area contributed by atoms with Crippen LogP contribution in [0.1, 0.15) is 5.56 Å². The summed E-state index contributed by atoms with van der Waals surface area (Å²) in [6.07, 6.45) is 3.17. The molecule has 0 aliphatic carbocycles. The third kappa shape index (κ3) is 2.10. The lowest BCUT2D eigenvalue weighted by atomic mass is 10.2. The highest BCUT2D eigenvalue weighted by molar-refractivity contribution is 5.85. The first-order valence-electron chi connectivity index (χ1n) is 5.95. The van der Waals surface area contributed by atoms with E-state index < -0.39 is 0 Å². The molecule has 2 heterocycles. The molecule has 0 amide bonds. The normalized spacial score (nSPS) is 10.2. The molecule has 0 fully saturated rings. The molecule has 96 valence electrons. The lowest BCUT2D eigenvalue weighted by Crippen LogP contribution is -1.95. The highest BCUT2D eigenvalue weighted by Crippen LogP contribution is 2.29. The van der Waals surface area contributed by atoms with Crippen molar-refractivity contribution in [3.63, 3.8) is 0 Å². The minimum atomic E-state index is 0.234. The Balaban J connectivity index is 2.08. The number of nitrogens with two attached hydrogens (primary N) is 1. The second kappa shape index (κ2) is 4.86. The van der Waals surface area contributed by atoms with Gasteiger partial charge in [-0.15, -0.1) is 0 Å². The Kier molecular flexibility index (Phi) is 2.90. The van der Waals surface area contributed by atoms with E-state index in [0.717, 1.165) is 10.9 Å². The minimum Gasteiger partial charge on any atom is -0.437 e. The molecule has 1 aromatic carbocycles. The number of nitriles is 1. The van der Waals surface area contributed by atoms with Crippen molar-refractivity contribution in [3.05, 3.63) is 54.4 Å². The first kappa shape index (κ1) is 11.9. The van der Waals surface area contributed by atoms with E-state index in [4.69, 9.17) is 15.7 Å². The fraction of sp³-hybridized carbons (Fsp3) is 0. The largest absolute Gasteiger partial charge is 0.437 e. The second-order valence-electron chi connectivity index (χ2n) is 4.16. The minimum absolute atomic E-state index is 0.234. The Hall–Kier alpha value is -3.13. The van der Waals surface area contributed by atoms with Crippen LogP contribution in [0.4, 0.5) is 5.69 Å². The highest BCUT2D eigenvalue weighted by Gasteiger charge is 2.09. The van der Waals surface area contributed by atoms with E-state index in [1.807, 2.05) is 36.4 Å². The van der Waals surface area contributed by atoms with Gasteiger partial charge in [-0.05, 0) is 30.3 Å². The Labute approximate surface area is 115 Å². The summed E-state index contributed by atoms with van der Waals surface area (Å²) in [6.45, 7) is 0. The van der Waals surface area contributed by atoms with Crippen LogP contribution in [0.3, 0.4) is 0 Å². The van der Waals surface area contributed by atoms with Gasteiger partial charge in [-0.25, -0.2) is 4.98 Å². The fourth-order valence-corrected chi connectivity index (χ4v) is 1.90. The number of ether oxygens (including phenoxy) is 1. The van der Waals surface area contributed by atoms with Gasteiger partial charge >= 0.3 is 0 Å². The zero-order chi connectivity index (χ0) is 13.9. The van der Waals surface area contributed by atoms with Crippen molar-refractivity contribution in [2.24, 2.45) is 0 Å². The summed E-state index contributed by atoms with van der Waals surface area (Å²) in [4.78, 5) is 8.32. The van der Waals surface area contributed by atoms with Gasteiger partial charge < -0.3 is 10.5 Å².